The standard InChI is InChI=1S/C19H16F3N3O2/c20-19(21,22)13-7-4-8-14-16(13)18(27)25(11-5-2-1-3-6-11)17(24-14)15-9-12(26)10-23-15/h1-8,12,15,23,26H,9-10H2/t12-,15-/m0/s1. The lowest BCUT2D eigenvalue weighted by Gasteiger charge is -2.19. The Kier molecular flexibility index (Phi) is 4.24. The lowest BCUT2D eigenvalue weighted by atomic mass is 10.1. The molecule has 2 aromatic carbocycles. The number of hydrogen-bond acceptors (Lipinski definition) is 4. The summed E-state index contributed by atoms with van der Waals surface area (Å²) >= 11 is 0. The first kappa shape index (κ1) is 17.7. The van der Waals surface area contributed by atoms with Crippen molar-refractivity contribution in [3.05, 3.63) is 70.3 Å². The van der Waals surface area contributed by atoms with Crippen LogP contribution in [0.2, 0.25) is 0 Å². The first-order valence-electron chi connectivity index (χ1n) is 8.46. The molecule has 2 heterocycles. The lowest BCUT2D eigenvalue weighted by molar-refractivity contribution is -0.136. The van der Waals surface area contributed by atoms with Gasteiger partial charge in [-0.05, 0) is 30.7 Å². The number of nitrogens with one attached hydrogen (secondary N) is 1. The van der Waals surface area contributed by atoms with Crippen LogP contribution in [0.5, 0.6) is 0 Å². The maximum Gasteiger partial charge on any atom is 0.417 e. The van der Waals surface area contributed by atoms with E-state index in [2.05, 4.69) is 10.3 Å². The number of aromatic nitrogens is 2. The van der Waals surface area contributed by atoms with Gasteiger partial charge in [0, 0.05) is 6.54 Å². The molecule has 140 valence electrons. The van der Waals surface area contributed by atoms with Crippen LogP contribution < -0.4 is 10.9 Å². The fourth-order valence-corrected chi connectivity index (χ4v) is 3.46. The molecule has 0 spiro atoms. The molecule has 1 fully saturated rings. The quantitative estimate of drug-likeness (QED) is 0.723. The first-order valence-corrected chi connectivity index (χ1v) is 8.46. The number of alkyl halides is 3. The van der Waals surface area contributed by atoms with Crippen molar-refractivity contribution in [2.45, 2.75) is 24.7 Å². The molecule has 3 aromatic rings. The van der Waals surface area contributed by atoms with Gasteiger partial charge in [0.25, 0.3) is 5.56 Å². The van der Waals surface area contributed by atoms with E-state index in [0.717, 1.165) is 6.07 Å². The van der Waals surface area contributed by atoms with E-state index in [0.29, 0.717) is 18.7 Å². The number of β-amino-alcohol motifs (C(OH)–C–C–N with tert-alkyl or cyclic N) is 1. The summed E-state index contributed by atoms with van der Waals surface area (Å²) in [6, 6.07) is 11.5. The molecule has 0 aliphatic carbocycles. The summed E-state index contributed by atoms with van der Waals surface area (Å²) in [5.41, 5.74) is -1.38. The lowest BCUT2D eigenvalue weighted by Crippen LogP contribution is -2.30. The van der Waals surface area contributed by atoms with E-state index in [1.165, 1.54) is 16.7 Å². The molecule has 0 radical (unpaired) electrons. The molecule has 2 N–H and O–H groups in total. The van der Waals surface area contributed by atoms with E-state index in [9.17, 15) is 23.1 Å². The second-order valence-corrected chi connectivity index (χ2v) is 6.49. The minimum atomic E-state index is -4.67. The largest absolute Gasteiger partial charge is 0.417 e. The van der Waals surface area contributed by atoms with Crippen LogP contribution in [-0.2, 0) is 6.18 Å². The van der Waals surface area contributed by atoms with Crippen LogP contribution in [0.4, 0.5) is 13.2 Å². The molecule has 27 heavy (non-hydrogen) atoms. The first-order chi connectivity index (χ1) is 12.9. The highest BCUT2D eigenvalue weighted by atomic mass is 19.4. The Morgan fingerprint density at radius 2 is 1.85 bits per heavy atom. The Balaban J connectivity index is 2.07. The number of aliphatic hydroxyl groups is 1. The zero-order valence-corrected chi connectivity index (χ0v) is 14.1. The van der Waals surface area contributed by atoms with Gasteiger partial charge in [0.05, 0.1) is 34.3 Å². The predicted molar refractivity (Wildman–Crippen MR) is 93.7 cm³/mol. The van der Waals surface area contributed by atoms with E-state index < -0.39 is 34.8 Å². The van der Waals surface area contributed by atoms with Crippen molar-refractivity contribution in [2.24, 2.45) is 0 Å². The maximum atomic E-state index is 13.5. The zero-order valence-electron chi connectivity index (χ0n) is 14.1. The van der Waals surface area contributed by atoms with E-state index in [1.807, 2.05) is 0 Å². The minimum absolute atomic E-state index is 0.0137. The second kappa shape index (κ2) is 6.47. The minimum Gasteiger partial charge on any atom is -0.392 e. The van der Waals surface area contributed by atoms with E-state index in [-0.39, 0.29) is 11.3 Å². The van der Waals surface area contributed by atoms with Gasteiger partial charge in [0.2, 0.25) is 0 Å². The Labute approximate surface area is 152 Å². The van der Waals surface area contributed by atoms with Crippen molar-refractivity contribution >= 4 is 10.9 Å². The highest BCUT2D eigenvalue weighted by Crippen LogP contribution is 2.34. The topological polar surface area (TPSA) is 67.2 Å². The molecule has 0 bridgehead atoms. The highest BCUT2D eigenvalue weighted by molar-refractivity contribution is 5.82. The van der Waals surface area contributed by atoms with E-state index >= 15 is 0 Å². The second-order valence-electron chi connectivity index (χ2n) is 6.49. The molecule has 0 unspecified atom stereocenters. The van der Waals surface area contributed by atoms with Crippen LogP contribution >= 0.6 is 0 Å². The molecular formula is C19H16F3N3O2. The zero-order chi connectivity index (χ0) is 19.2. The molecule has 4 rings (SSSR count). The molecule has 0 amide bonds. The molecule has 0 saturated carbocycles. The van der Waals surface area contributed by atoms with Gasteiger partial charge in [-0.2, -0.15) is 13.2 Å². The van der Waals surface area contributed by atoms with Crippen LogP contribution in [0, 0.1) is 0 Å². The van der Waals surface area contributed by atoms with Gasteiger partial charge >= 0.3 is 6.18 Å². The maximum absolute atomic E-state index is 13.5. The summed E-state index contributed by atoms with van der Waals surface area (Å²) in [6.07, 6.45) is -4.95. The van der Waals surface area contributed by atoms with Crippen molar-refractivity contribution in [1.82, 2.24) is 14.9 Å². The van der Waals surface area contributed by atoms with E-state index in [4.69, 9.17) is 0 Å². The fourth-order valence-electron chi connectivity index (χ4n) is 3.46. The number of hydrogen-bond donors (Lipinski definition) is 2. The van der Waals surface area contributed by atoms with E-state index in [1.54, 1.807) is 30.3 Å². The molecule has 1 saturated heterocycles. The van der Waals surface area contributed by atoms with Crippen molar-refractivity contribution in [2.75, 3.05) is 6.54 Å². The number of benzene rings is 2. The fraction of sp³-hybridized carbons (Fsp3) is 0.263. The molecular weight excluding hydrogens is 359 g/mol. The van der Waals surface area contributed by atoms with Gasteiger partial charge < -0.3 is 10.4 Å². The van der Waals surface area contributed by atoms with Crippen LogP contribution in [-0.4, -0.2) is 27.3 Å². The van der Waals surface area contributed by atoms with Gasteiger partial charge in [-0.25, -0.2) is 4.98 Å². The summed E-state index contributed by atoms with van der Waals surface area (Å²) in [4.78, 5) is 17.6. The average molecular weight is 375 g/mol. The number of aliphatic hydroxyl groups excluding tert-OH is 1. The summed E-state index contributed by atoms with van der Waals surface area (Å²) in [6.45, 7) is 0.329. The summed E-state index contributed by atoms with van der Waals surface area (Å²) < 4.78 is 41.6. The number of nitrogens with zero attached hydrogens (tertiary/aromatic N) is 2. The SMILES string of the molecule is O=c1c2c(C(F)(F)F)cccc2nc([C@@H]2C[C@H](O)CN2)n1-c1ccccc1. The van der Waals surface area contributed by atoms with Crippen LogP contribution in [0.1, 0.15) is 23.9 Å². The molecule has 1 aliphatic heterocycles. The van der Waals surface area contributed by atoms with Gasteiger partial charge in [-0.3, -0.25) is 9.36 Å². The molecule has 5 nitrogen and oxygen atoms in total. The van der Waals surface area contributed by atoms with Gasteiger partial charge in [-0.1, -0.05) is 24.3 Å². The summed E-state index contributed by atoms with van der Waals surface area (Å²) in [7, 11) is 0. The van der Waals surface area contributed by atoms with Crippen LogP contribution in [0.15, 0.2) is 53.3 Å². The van der Waals surface area contributed by atoms with Gasteiger partial charge in [0.15, 0.2) is 0 Å². The monoisotopic (exact) mass is 375 g/mol. The van der Waals surface area contributed by atoms with Crippen molar-refractivity contribution < 1.29 is 18.3 Å². The Morgan fingerprint density at radius 3 is 2.48 bits per heavy atom. The summed E-state index contributed by atoms with van der Waals surface area (Å²) in [5.74, 6) is 0.287. The number of para-hydroxylation sites is 1. The summed E-state index contributed by atoms with van der Waals surface area (Å²) in [5, 5.41) is 12.4. The van der Waals surface area contributed by atoms with Crippen molar-refractivity contribution in [3.63, 3.8) is 0 Å². The molecule has 2 atom stereocenters. The molecule has 1 aromatic heterocycles. The van der Waals surface area contributed by atoms with Gasteiger partial charge in [-0.15, -0.1) is 0 Å². The number of rotatable bonds is 2. The predicted octanol–water partition coefficient (Wildman–Crippen LogP) is 2.80. The average Bonchev–Trinajstić information content (AvgIpc) is 3.07. The number of fused-ring (bicyclic) bond motifs is 1. The van der Waals surface area contributed by atoms with Crippen LogP contribution in [0.3, 0.4) is 0 Å². The third-order valence-corrected chi connectivity index (χ3v) is 4.66. The Bertz CT molecular complexity index is 1050. The van der Waals surface area contributed by atoms with Crippen molar-refractivity contribution in [1.29, 1.82) is 0 Å². The molecule has 8 heteroatoms. The normalized spacial score (nSPS) is 20.3. The molecule has 1 aliphatic rings. The number of halogens is 3. The third-order valence-electron chi connectivity index (χ3n) is 4.66. The third kappa shape index (κ3) is 3.11. The Hall–Kier alpha value is -2.71. The van der Waals surface area contributed by atoms with Crippen LogP contribution in [0.25, 0.3) is 16.6 Å². The Morgan fingerprint density at radius 1 is 1.11 bits per heavy atom. The smallest absolute Gasteiger partial charge is 0.392 e. The highest BCUT2D eigenvalue weighted by Gasteiger charge is 2.35. The van der Waals surface area contributed by atoms with Crippen molar-refractivity contribution in [3.8, 4) is 5.69 Å². The van der Waals surface area contributed by atoms with Gasteiger partial charge in [0.1, 0.15) is 5.82 Å².